The van der Waals surface area contributed by atoms with E-state index in [-0.39, 0.29) is 5.82 Å². The van der Waals surface area contributed by atoms with E-state index in [1.807, 2.05) is 35.6 Å². The molecular formula is C19H23FN3O2+. The Morgan fingerprint density at radius 2 is 1.76 bits per heavy atom. The SMILES string of the molecule is CCNC(=O)NC(=O)[C@H]([NH2+]CCc1ccccc1F)c1ccccc1. The Kier molecular flexibility index (Phi) is 7.10. The van der Waals surface area contributed by atoms with Crippen LogP contribution in [-0.4, -0.2) is 25.0 Å². The lowest BCUT2D eigenvalue weighted by molar-refractivity contribution is -0.682. The van der Waals surface area contributed by atoms with E-state index in [4.69, 9.17) is 0 Å². The molecule has 132 valence electrons. The van der Waals surface area contributed by atoms with Crippen LogP contribution in [0.15, 0.2) is 54.6 Å². The number of carbonyl (C=O) groups is 2. The van der Waals surface area contributed by atoms with Crippen molar-refractivity contribution < 1.29 is 19.3 Å². The van der Waals surface area contributed by atoms with Gasteiger partial charge in [-0.2, -0.15) is 0 Å². The molecule has 0 heterocycles. The van der Waals surface area contributed by atoms with E-state index < -0.39 is 18.0 Å². The zero-order valence-corrected chi connectivity index (χ0v) is 14.2. The van der Waals surface area contributed by atoms with E-state index in [1.165, 1.54) is 6.07 Å². The fraction of sp³-hybridized carbons (Fsp3) is 0.263. The van der Waals surface area contributed by atoms with Crippen LogP contribution in [0.25, 0.3) is 0 Å². The predicted molar refractivity (Wildman–Crippen MR) is 93.3 cm³/mol. The summed E-state index contributed by atoms with van der Waals surface area (Å²) in [6.45, 7) is 2.73. The highest BCUT2D eigenvalue weighted by Crippen LogP contribution is 2.09. The van der Waals surface area contributed by atoms with Gasteiger partial charge in [-0.05, 0) is 18.6 Å². The van der Waals surface area contributed by atoms with E-state index in [2.05, 4.69) is 10.6 Å². The van der Waals surface area contributed by atoms with Crippen molar-refractivity contribution in [2.45, 2.75) is 19.4 Å². The van der Waals surface area contributed by atoms with Crippen LogP contribution in [0.5, 0.6) is 0 Å². The predicted octanol–water partition coefficient (Wildman–Crippen LogP) is 1.52. The molecule has 0 fully saturated rings. The molecule has 2 aromatic carbocycles. The van der Waals surface area contributed by atoms with Crippen molar-refractivity contribution in [1.82, 2.24) is 10.6 Å². The Bertz CT molecular complexity index is 707. The number of benzene rings is 2. The second-order valence-electron chi connectivity index (χ2n) is 5.60. The topological polar surface area (TPSA) is 74.8 Å². The van der Waals surface area contributed by atoms with Gasteiger partial charge in [0, 0.05) is 18.5 Å². The van der Waals surface area contributed by atoms with Gasteiger partial charge in [0.2, 0.25) is 0 Å². The minimum Gasteiger partial charge on any atom is -0.338 e. The number of nitrogens with two attached hydrogens (primary N) is 1. The molecule has 0 saturated carbocycles. The molecule has 25 heavy (non-hydrogen) atoms. The fourth-order valence-electron chi connectivity index (χ4n) is 2.56. The Hall–Kier alpha value is -2.73. The van der Waals surface area contributed by atoms with Crippen molar-refractivity contribution in [3.8, 4) is 0 Å². The van der Waals surface area contributed by atoms with Crippen LogP contribution < -0.4 is 16.0 Å². The maximum atomic E-state index is 13.7. The lowest BCUT2D eigenvalue weighted by atomic mass is 10.1. The smallest absolute Gasteiger partial charge is 0.321 e. The first-order chi connectivity index (χ1) is 12.1. The largest absolute Gasteiger partial charge is 0.338 e. The molecule has 0 aliphatic rings. The summed E-state index contributed by atoms with van der Waals surface area (Å²) < 4.78 is 13.7. The number of rotatable bonds is 7. The van der Waals surface area contributed by atoms with E-state index in [9.17, 15) is 14.0 Å². The second-order valence-corrected chi connectivity index (χ2v) is 5.60. The molecule has 3 amide bonds. The number of nitrogens with one attached hydrogen (secondary N) is 2. The minimum atomic E-state index is -0.574. The van der Waals surface area contributed by atoms with E-state index >= 15 is 0 Å². The van der Waals surface area contributed by atoms with Crippen LogP contribution in [-0.2, 0) is 11.2 Å². The molecule has 6 heteroatoms. The first kappa shape index (κ1) is 18.6. The maximum absolute atomic E-state index is 13.7. The Balaban J connectivity index is 2.03. The number of amides is 3. The third kappa shape index (κ3) is 5.69. The molecule has 4 N–H and O–H groups in total. The average Bonchev–Trinajstić information content (AvgIpc) is 2.61. The summed E-state index contributed by atoms with van der Waals surface area (Å²) >= 11 is 0. The van der Waals surface area contributed by atoms with Crippen molar-refractivity contribution in [2.24, 2.45) is 0 Å². The molecule has 2 rings (SSSR count). The zero-order valence-electron chi connectivity index (χ0n) is 14.2. The second kappa shape index (κ2) is 9.54. The van der Waals surface area contributed by atoms with Gasteiger partial charge < -0.3 is 10.6 Å². The summed E-state index contributed by atoms with van der Waals surface area (Å²) in [5, 5.41) is 6.70. The molecule has 0 aliphatic carbocycles. The average molecular weight is 344 g/mol. The Labute approximate surface area is 146 Å². The van der Waals surface area contributed by atoms with Gasteiger partial charge in [-0.25, -0.2) is 9.18 Å². The third-order valence-corrected chi connectivity index (χ3v) is 3.79. The molecule has 0 bridgehead atoms. The number of quaternary nitrogens is 1. The number of hydrogen-bond acceptors (Lipinski definition) is 2. The minimum absolute atomic E-state index is 0.251. The molecule has 2 aromatic rings. The van der Waals surface area contributed by atoms with E-state index in [0.717, 1.165) is 5.56 Å². The molecule has 0 saturated heterocycles. The zero-order chi connectivity index (χ0) is 18.1. The molecular weight excluding hydrogens is 321 g/mol. The monoisotopic (exact) mass is 344 g/mol. The normalized spacial score (nSPS) is 11.6. The van der Waals surface area contributed by atoms with Gasteiger partial charge in [0.15, 0.2) is 6.04 Å². The summed E-state index contributed by atoms with van der Waals surface area (Å²) in [5.41, 5.74) is 1.40. The summed E-state index contributed by atoms with van der Waals surface area (Å²) in [6.07, 6.45) is 0.491. The first-order valence-corrected chi connectivity index (χ1v) is 8.32. The summed E-state index contributed by atoms with van der Waals surface area (Å²) in [6, 6.07) is 14.7. The van der Waals surface area contributed by atoms with Gasteiger partial charge in [0.25, 0.3) is 5.91 Å². The van der Waals surface area contributed by atoms with Crippen molar-refractivity contribution in [3.05, 3.63) is 71.5 Å². The van der Waals surface area contributed by atoms with Crippen LogP contribution in [0.3, 0.4) is 0 Å². The van der Waals surface area contributed by atoms with Crippen LogP contribution in [0.4, 0.5) is 9.18 Å². The van der Waals surface area contributed by atoms with Gasteiger partial charge in [0.1, 0.15) is 5.82 Å². The van der Waals surface area contributed by atoms with E-state index in [0.29, 0.717) is 25.1 Å². The van der Waals surface area contributed by atoms with Crippen LogP contribution in [0, 0.1) is 5.82 Å². The Morgan fingerprint density at radius 3 is 2.44 bits per heavy atom. The lowest BCUT2D eigenvalue weighted by Crippen LogP contribution is -2.88. The van der Waals surface area contributed by atoms with Crippen molar-refractivity contribution >= 4 is 11.9 Å². The standard InChI is InChI=1S/C19H22FN3O2/c1-2-21-19(25)23-18(24)17(15-9-4-3-5-10-15)22-13-12-14-8-6-7-11-16(14)20/h3-11,17,22H,2,12-13H2,1H3,(H2,21,23,24,25)/p+1/t17-/m1/s1. The number of imide groups is 1. The number of urea groups is 1. The highest BCUT2D eigenvalue weighted by molar-refractivity contribution is 5.96. The number of hydrogen-bond donors (Lipinski definition) is 3. The van der Waals surface area contributed by atoms with Crippen LogP contribution >= 0.6 is 0 Å². The molecule has 5 nitrogen and oxygen atoms in total. The summed E-state index contributed by atoms with van der Waals surface area (Å²) in [5.74, 6) is -0.649. The van der Waals surface area contributed by atoms with Crippen molar-refractivity contribution in [2.75, 3.05) is 13.1 Å². The number of halogens is 1. The lowest BCUT2D eigenvalue weighted by Gasteiger charge is -2.15. The summed E-state index contributed by atoms with van der Waals surface area (Å²) in [4.78, 5) is 24.1. The quantitative estimate of drug-likeness (QED) is 0.712. The Morgan fingerprint density at radius 1 is 1.08 bits per heavy atom. The molecule has 0 radical (unpaired) electrons. The van der Waals surface area contributed by atoms with Crippen molar-refractivity contribution in [3.63, 3.8) is 0 Å². The van der Waals surface area contributed by atoms with E-state index in [1.54, 1.807) is 25.1 Å². The molecule has 0 spiro atoms. The van der Waals surface area contributed by atoms with Crippen molar-refractivity contribution in [1.29, 1.82) is 0 Å². The third-order valence-electron chi connectivity index (χ3n) is 3.79. The van der Waals surface area contributed by atoms with Crippen LogP contribution in [0.1, 0.15) is 24.1 Å². The van der Waals surface area contributed by atoms with Gasteiger partial charge in [0.05, 0.1) is 6.54 Å². The molecule has 0 aliphatic heterocycles. The summed E-state index contributed by atoms with van der Waals surface area (Å²) in [7, 11) is 0. The highest BCUT2D eigenvalue weighted by Gasteiger charge is 2.25. The molecule has 0 aromatic heterocycles. The molecule has 0 unspecified atom stereocenters. The highest BCUT2D eigenvalue weighted by atomic mass is 19.1. The fourth-order valence-corrected chi connectivity index (χ4v) is 2.56. The van der Waals surface area contributed by atoms with Crippen LogP contribution in [0.2, 0.25) is 0 Å². The number of carbonyl (C=O) groups excluding carboxylic acids is 2. The first-order valence-electron chi connectivity index (χ1n) is 8.32. The van der Waals surface area contributed by atoms with Gasteiger partial charge in [-0.3, -0.25) is 10.1 Å². The van der Waals surface area contributed by atoms with Gasteiger partial charge in [-0.1, -0.05) is 48.5 Å². The van der Waals surface area contributed by atoms with Gasteiger partial charge in [-0.15, -0.1) is 0 Å². The maximum Gasteiger partial charge on any atom is 0.321 e. The molecule has 1 atom stereocenters. The van der Waals surface area contributed by atoms with Gasteiger partial charge >= 0.3 is 6.03 Å².